The number of benzene rings is 3. The third-order valence-corrected chi connectivity index (χ3v) is 5.62. The molecule has 3 aliphatic heterocycles. The van der Waals surface area contributed by atoms with E-state index < -0.39 is 0 Å². The van der Waals surface area contributed by atoms with Crippen molar-refractivity contribution in [2.45, 2.75) is 13.5 Å². The second-order valence-corrected chi connectivity index (χ2v) is 7.64. The van der Waals surface area contributed by atoms with Crippen molar-refractivity contribution in [3.63, 3.8) is 0 Å². The third-order valence-electron chi connectivity index (χ3n) is 5.62. The standard InChI is InChI=1S/C25H19N3O2/c1-16-7-9-18(10-8-16)24-20-14-28(13-17-5-3-2-4-6-17)21-12-23-22(29-15-30-23)11-19(21)25(20)27-26-24/h2-12,14H,13,15H2,1H3. The molecule has 0 aliphatic carbocycles. The van der Waals surface area contributed by atoms with Gasteiger partial charge < -0.3 is 14.0 Å². The van der Waals surface area contributed by atoms with Gasteiger partial charge in [-0.3, -0.25) is 0 Å². The van der Waals surface area contributed by atoms with Crippen molar-refractivity contribution in [2.24, 2.45) is 0 Å². The first-order valence-corrected chi connectivity index (χ1v) is 9.96. The Morgan fingerprint density at radius 3 is 2.40 bits per heavy atom. The van der Waals surface area contributed by atoms with Gasteiger partial charge in [-0.25, -0.2) is 0 Å². The van der Waals surface area contributed by atoms with Crippen LogP contribution in [0.4, 0.5) is 0 Å². The number of rotatable bonds is 3. The van der Waals surface area contributed by atoms with Gasteiger partial charge in [0.2, 0.25) is 6.79 Å². The summed E-state index contributed by atoms with van der Waals surface area (Å²) in [6.45, 7) is 3.07. The molecule has 0 saturated carbocycles. The molecule has 3 aromatic carbocycles. The van der Waals surface area contributed by atoms with Gasteiger partial charge >= 0.3 is 0 Å². The lowest BCUT2D eigenvalue weighted by atomic mass is 10.0. The van der Waals surface area contributed by atoms with Crippen LogP contribution in [0, 0.1) is 6.92 Å². The van der Waals surface area contributed by atoms with Crippen LogP contribution in [0.1, 0.15) is 11.1 Å². The van der Waals surface area contributed by atoms with E-state index >= 15 is 0 Å². The van der Waals surface area contributed by atoms with Crippen molar-refractivity contribution in [3.8, 4) is 34.0 Å². The predicted molar refractivity (Wildman–Crippen MR) is 116 cm³/mol. The molecule has 0 aromatic heterocycles. The number of pyridine rings is 1. The van der Waals surface area contributed by atoms with Gasteiger partial charge in [-0.05, 0) is 18.6 Å². The van der Waals surface area contributed by atoms with E-state index in [0.29, 0.717) is 0 Å². The molecular weight excluding hydrogens is 374 g/mol. The van der Waals surface area contributed by atoms with Crippen molar-refractivity contribution in [2.75, 3.05) is 6.79 Å². The fraction of sp³-hybridized carbons (Fsp3) is 0.120. The monoisotopic (exact) mass is 393 g/mol. The fourth-order valence-electron chi connectivity index (χ4n) is 4.06. The molecule has 0 unspecified atom stereocenters. The Morgan fingerprint density at radius 1 is 0.867 bits per heavy atom. The highest BCUT2D eigenvalue weighted by atomic mass is 16.7. The summed E-state index contributed by atoms with van der Waals surface area (Å²) in [5.74, 6) is 1.52. The van der Waals surface area contributed by atoms with Crippen molar-refractivity contribution >= 4 is 10.9 Å². The van der Waals surface area contributed by atoms with E-state index in [2.05, 4.69) is 76.4 Å². The average molecular weight is 393 g/mol. The predicted octanol–water partition coefficient (Wildman–Crippen LogP) is 5.29. The molecule has 0 radical (unpaired) electrons. The minimum atomic E-state index is 0.245. The number of fused-ring (bicyclic) bond motifs is 4. The summed E-state index contributed by atoms with van der Waals surface area (Å²) in [7, 11) is 0. The van der Waals surface area contributed by atoms with E-state index in [0.717, 1.165) is 51.5 Å². The molecule has 0 bridgehead atoms. The second kappa shape index (κ2) is 6.59. The number of nitrogens with zero attached hydrogens (tertiary/aromatic N) is 3. The Hall–Kier alpha value is -3.86. The fourth-order valence-corrected chi connectivity index (χ4v) is 4.06. The maximum absolute atomic E-state index is 5.64. The van der Waals surface area contributed by atoms with Gasteiger partial charge in [0.1, 0.15) is 11.4 Å². The van der Waals surface area contributed by atoms with E-state index in [9.17, 15) is 0 Å². The van der Waals surface area contributed by atoms with E-state index in [-0.39, 0.29) is 6.79 Å². The Kier molecular flexibility index (Phi) is 3.74. The van der Waals surface area contributed by atoms with Crippen LogP contribution >= 0.6 is 0 Å². The first kappa shape index (κ1) is 17.0. The summed E-state index contributed by atoms with van der Waals surface area (Å²) in [4.78, 5) is 0. The van der Waals surface area contributed by atoms with Crippen LogP contribution in [-0.4, -0.2) is 21.6 Å². The normalized spacial score (nSPS) is 12.7. The van der Waals surface area contributed by atoms with Gasteiger partial charge in [-0.2, -0.15) is 0 Å². The quantitative estimate of drug-likeness (QED) is 0.418. The first-order valence-electron chi connectivity index (χ1n) is 9.96. The zero-order valence-electron chi connectivity index (χ0n) is 16.5. The Bertz CT molecular complexity index is 1340. The highest BCUT2D eigenvalue weighted by Gasteiger charge is 2.23. The lowest BCUT2D eigenvalue weighted by Crippen LogP contribution is -2.04. The zero-order valence-corrected chi connectivity index (χ0v) is 16.5. The Balaban J connectivity index is 1.60. The van der Waals surface area contributed by atoms with Gasteiger partial charge in [0, 0.05) is 35.3 Å². The summed E-state index contributed by atoms with van der Waals surface area (Å²) >= 11 is 0. The van der Waals surface area contributed by atoms with Crippen LogP contribution in [0.2, 0.25) is 0 Å². The molecule has 0 spiro atoms. The Morgan fingerprint density at radius 2 is 1.60 bits per heavy atom. The minimum Gasteiger partial charge on any atom is -0.454 e. The summed E-state index contributed by atoms with van der Waals surface area (Å²) in [5.41, 5.74) is 7.36. The molecule has 3 aromatic rings. The summed E-state index contributed by atoms with van der Waals surface area (Å²) in [6.07, 6.45) is 2.15. The van der Waals surface area contributed by atoms with Gasteiger partial charge in [-0.15, -0.1) is 10.2 Å². The van der Waals surface area contributed by atoms with E-state index in [1.165, 1.54) is 11.1 Å². The second-order valence-electron chi connectivity index (χ2n) is 7.64. The maximum Gasteiger partial charge on any atom is 0.231 e. The van der Waals surface area contributed by atoms with E-state index in [4.69, 9.17) is 9.47 Å². The summed E-state index contributed by atoms with van der Waals surface area (Å²) in [5, 5.41) is 10.1. The zero-order chi connectivity index (χ0) is 20.1. The van der Waals surface area contributed by atoms with Gasteiger partial charge in [0.05, 0.1) is 5.52 Å². The molecular formula is C25H19N3O2. The largest absolute Gasteiger partial charge is 0.454 e. The first-order chi connectivity index (χ1) is 14.8. The lowest BCUT2D eigenvalue weighted by Gasteiger charge is -2.16. The van der Waals surface area contributed by atoms with Crippen molar-refractivity contribution in [1.29, 1.82) is 0 Å². The molecule has 6 rings (SSSR count). The van der Waals surface area contributed by atoms with Crippen molar-refractivity contribution in [1.82, 2.24) is 14.8 Å². The van der Waals surface area contributed by atoms with E-state index in [1.54, 1.807) is 0 Å². The van der Waals surface area contributed by atoms with Crippen LogP contribution in [0.3, 0.4) is 0 Å². The van der Waals surface area contributed by atoms with Gasteiger partial charge in [-0.1, -0.05) is 60.2 Å². The number of aryl methyl sites for hydroxylation is 1. The maximum atomic E-state index is 5.64. The van der Waals surface area contributed by atoms with Crippen LogP contribution in [0.25, 0.3) is 33.4 Å². The number of aromatic nitrogens is 3. The van der Waals surface area contributed by atoms with Crippen LogP contribution in [-0.2, 0) is 6.54 Å². The number of hydrogen-bond acceptors (Lipinski definition) is 4. The molecule has 5 heteroatoms. The molecule has 146 valence electrons. The molecule has 0 saturated heterocycles. The Labute approximate surface area is 173 Å². The minimum absolute atomic E-state index is 0.245. The van der Waals surface area contributed by atoms with Crippen molar-refractivity contribution in [3.05, 3.63) is 84.1 Å². The average Bonchev–Trinajstić information content (AvgIpc) is 3.40. The molecule has 0 N–H and O–H groups in total. The van der Waals surface area contributed by atoms with Crippen molar-refractivity contribution < 1.29 is 9.47 Å². The molecule has 0 fully saturated rings. The van der Waals surface area contributed by atoms with E-state index in [1.807, 2.05) is 18.2 Å². The lowest BCUT2D eigenvalue weighted by molar-refractivity contribution is 0.174. The smallest absolute Gasteiger partial charge is 0.231 e. The highest BCUT2D eigenvalue weighted by molar-refractivity contribution is 5.99. The topological polar surface area (TPSA) is 49.2 Å². The SMILES string of the molecule is Cc1ccc(-c2nnc3c4cc5c(cc4n(Cc4ccccc4)cc2-3)OCO5)cc1. The molecule has 3 aliphatic rings. The summed E-state index contributed by atoms with van der Waals surface area (Å²) in [6, 6.07) is 22.9. The highest BCUT2D eigenvalue weighted by Crippen LogP contribution is 2.42. The van der Waals surface area contributed by atoms with Crippen LogP contribution < -0.4 is 9.47 Å². The third kappa shape index (κ3) is 2.70. The molecule has 5 nitrogen and oxygen atoms in total. The van der Waals surface area contributed by atoms with Gasteiger partial charge in [0.15, 0.2) is 11.5 Å². The van der Waals surface area contributed by atoms with Gasteiger partial charge in [0.25, 0.3) is 0 Å². The molecule has 3 heterocycles. The van der Waals surface area contributed by atoms with Crippen LogP contribution in [0.15, 0.2) is 72.9 Å². The molecule has 0 amide bonds. The molecule has 0 atom stereocenters. The van der Waals surface area contributed by atoms with Crippen LogP contribution in [0.5, 0.6) is 11.5 Å². The summed E-state index contributed by atoms with van der Waals surface area (Å²) < 4.78 is 13.5. The number of hydrogen-bond donors (Lipinski definition) is 0. The number of ether oxygens (including phenoxy) is 2. The molecule has 30 heavy (non-hydrogen) atoms.